The van der Waals surface area contributed by atoms with Gasteiger partial charge in [0.15, 0.2) is 0 Å². The van der Waals surface area contributed by atoms with E-state index in [0.29, 0.717) is 5.56 Å². The zero-order valence-corrected chi connectivity index (χ0v) is 10.9. The number of benzene rings is 1. The molecular formula is C15H17FN2. The molecule has 2 nitrogen and oxygen atoms in total. The number of hydrogen-bond donors (Lipinski definition) is 0. The first-order chi connectivity index (χ1) is 8.48. The second kappa shape index (κ2) is 4.77. The molecule has 0 aliphatic carbocycles. The minimum absolute atomic E-state index is 0.146. The summed E-state index contributed by atoms with van der Waals surface area (Å²) in [6, 6.07) is 6.86. The Hall–Kier alpha value is -1.90. The molecule has 0 aliphatic rings. The normalized spacial score (nSPS) is 12.8. The van der Waals surface area contributed by atoms with E-state index in [-0.39, 0.29) is 11.2 Å². The number of aromatic nitrogens is 2. The lowest BCUT2D eigenvalue weighted by Crippen LogP contribution is -2.10. The van der Waals surface area contributed by atoms with Gasteiger partial charge < -0.3 is 4.57 Å². The maximum atomic E-state index is 13.9. The number of hydrogen-bond acceptors (Lipinski definition) is 1. The first-order valence-electron chi connectivity index (χ1n) is 5.93. The number of halogens is 1. The summed E-state index contributed by atoms with van der Waals surface area (Å²) in [7, 11) is 0. The molecule has 2 rings (SSSR count). The second-order valence-electron chi connectivity index (χ2n) is 5.28. The van der Waals surface area contributed by atoms with Gasteiger partial charge >= 0.3 is 0 Å². The van der Waals surface area contributed by atoms with Crippen LogP contribution in [0.4, 0.5) is 4.39 Å². The zero-order chi connectivity index (χ0) is 13.2. The average Bonchev–Trinajstić information content (AvgIpc) is 2.78. The van der Waals surface area contributed by atoms with Crippen LogP contribution >= 0.6 is 0 Å². The van der Waals surface area contributed by atoms with Crippen molar-refractivity contribution in [1.82, 2.24) is 9.55 Å². The van der Waals surface area contributed by atoms with Crippen LogP contribution in [0.25, 0.3) is 11.8 Å². The van der Waals surface area contributed by atoms with E-state index in [0.717, 1.165) is 5.57 Å². The maximum Gasteiger partial charge on any atom is 0.130 e. The van der Waals surface area contributed by atoms with Crippen LogP contribution in [0.15, 0.2) is 43.0 Å². The van der Waals surface area contributed by atoms with Crippen LogP contribution in [-0.4, -0.2) is 9.55 Å². The van der Waals surface area contributed by atoms with E-state index in [1.165, 1.54) is 6.07 Å². The fraction of sp³-hybridized carbons (Fsp3) is 0.267. The van der Waals surface area contributed by atoms with E-state index >= 15 is 0 Å². The summed E-state index contributed by atoms with van der Waals surface area (Å²) in [5, 5.41) is 0. The Kier molecular flexibility index (Phi) is 3.32. The molecule has 0 saturated heterocycles. The molecule has 1 heterocycles. The first kappa shape index (κ1) is 12.6. The Bertz CT molecular complexity index is 548. The lowest BCUT2D eigenvalue weighted by Gasteiger charge is -2.24. The van der Waals surface area contributed by atoms with Crippen molar-refractivity contribution in [2.75, 3.05) is 0 Å². The third kappa shape index (κ3) is 2.67. The van der Waals surface area contributed by atoms with E-state index < -0.39 is 0 Å². The Morgan fingerprint density at radius 3 is 2.56 bits per heavy atom. The van der Waals surface area contributed by atoms with Gasteiger partial charge in [0.25, 0.3) is 0 Å². The Morgan fingerprint density at radius 2 is 2.00 bits per heavy atom. The van der Waals surface area contributed by atoms with Gasteiger partial charge in [0.1, 0.15) is 5.82 Å². The van der Waals surface area contributed by atoms with Gasteiger partial charge in [0.2, 0.25) is 0 Å². The lowest BCUT2D eigenvalue weighted by atomic mass is 9.82. The molecule has 94 valence electrons. The summed E-state index contributed by atoms with van der Waals surface area (Å²) < 4.78 is 15.8. The molecule has 1 aromatic heterocycles. The topological polar surface area (TPSA) is 17.8 Å². The van der Waals surface area contributed by atoms with Gasteiger partial charge in [-0.15, -0.1) is 0 Å². The van der Waals surface area contributed by atoms with Crippen molar-refractivity contribution in [2.24, 2.45) is 5.41 Å². The van der Waals surface area contributed by atoms with Crippen LogP contribution in [0, 0.1) is 11.2 Å². The number of rotatable bonds is 2. The molecule has 0 unspecified atom stereocenters. The fourth-order valence-corrected chi connectivity index (χ4v) is 1.84. The van der Waals surface area contributed by atoms with Gasteiger partial charge in [-0.2, -0.15) is 0 Å². The van der Waals surface area contributed by atoms with Crippen molar-refractivity contribution < 1.29 is 4.39 Å². The highest BCUT2D eigenvalue weighted by Gasteiger charge is 2.21. The largest absolute Gasteiger partial charge is 0.313 e. The van der Waals surface area contributed by atoms with Gasteiger partial charge in [-0.05, 0) is 17.1 Å². The summed E-state index contributed by atoms with van der Waals surface area (Å²) in [4.78, 5) is 4.00. The molecule has 0 N–H and O–H groups in total. The Labute approximate surface area is 107 Å². The third-order valence-corrected chi connectivity index (χ3v) is 2.78. The molecule has 18 heavy (non-hydrogen) atoms. The van der Waals surface area contributed by atoms with Crippen molar-refractivity contribution >= 4 is 11.8 Å². The summed E-state index contributed by atoms with van der Waals surface area (Å²) >= 11 is 0. The zero-order valence-electron chi connectivity index (χ0n) is 10.9. The lowest BCUT2D eigenvalue weighted by molar-refractivity contribution is 0.556. The minimum Gasteiger partial charge on any atom is -0.313 e. The summed E-state index contributed by atoms with van der Waals surface area (Å²) in [6.45, 7) is 6.21. The molecule has 0 radical (unpaired) electrons. The van der Waals surface area contributed by atoms with Crippen molar-refractivity contribution in [2.45, 2.75) is 20.8 Å². The predicted molar refractivity (Wildman–Crippen MR) is 72.2 cm³/mol. The minimum atomic E-state index is -0.196. The SMILES string of the molecule is CC(C)(C)/C(=C\n1ccnc1)c1ccccc1F. The van der Waals surface area contributed by atoms with Crippen LogP contribution < -0.4 is 0 Å². The Balaban J connectivity index is 2.55. The van der Waals surface area contributed by atoms with E-state index in [1.54, 1.807) is 18.6 Å². The molecule has 2 aromatic rings. The molecule has 0 saturated carbocycles. The van der Waals surface area contributed by atoms with Crippen molar-refractivity contribution in [3.63, 3.8) is 0 Å². The molecule has 1 aromatic carbocycles. The average molecular weight is 244 g/mol. The van der Waals surface area contributed by atoms with Crippen molar-refractivity contribution in [3.05, 3.63) is 54.4 Å². The smallest absolute Gasteiger partial charge is 0.130 e. The highest BCUT2D eigenvalue weighted by Crippen LogP contribution is 2.35. The van der Waals surface area contributed by atoms with E-state index in [1.807, 2.05) is 29.1 Å². The van der Waals surface area contributed by atoms with E-state index in [2.05, 4.69) is 25.8 Å². The van der Waals surface area contributed by atoms with Crippen LogP contribution in [0.2, 0.25) is 0 Å². The highest BCUT2D eigenvalue weighted by molar-refractivity contribution is 5.78. The molecule has 3 heteroatoms. The molecule has 0 aliphatic heterocycles. The maximum absolute atomic E-state index is 13.9. The molecule has 0 spiro atoms. The quantitative estimate of drug-likeness (QED) is 0.778. The van der Waals surface area contributed by atoms with Gasteiger partial charge in [-0.1, -0.05) is 39.0 Å². The number of imidazole rings is 1. The summed E-state index contributed by atoms with van der Waals surface area (Å²) in [6.07, 6.45) is 7.17. The third-order valence-electron chi connectivity index (χ3n) is 2.78. The van der Waals surface area contributed by atoms with Gasteiger partial charge in [-0.3, -0.25) is 0 Å². The van der Waals surface area contributed by atoms with Crippen LogP contribution in [0.1, 0.15) is 26.3 Å². The van der Waals surface area contributed by atoms with Gasteiger partial charge in [-0.25, -0.2) is 9.37 Å². The molecule has 0 atom stereocenters. The number of nitrogens with zero attached hydrogens (tertiary/aromatic N) is 2. The van der Waals surface area contributed by atoms with Crippen LogP contribution in [-0.2, 0) is 0 Å². The number of allylic oxidation sites excluding steroid dienone is 1. The highest BCUT2D eigenvalue weighted by atomic mass is 19.1. The monoisotopic (exact) mass is 244 g/mol. The second-order valence-corrected chi connectivity index (χ2v) is 5.28. The van der Waals surface area contributed by atoms with Crippen LogP contribution in [0.5, 0.6) is 0 Å². The van der Waals surface area contributed by atoms with E-state index in [9.17, 15) is 4.39 Å². The van der Waals surface area contributed by atoms with Gasteiger partial charge in [0.05, 0.1) is 6.33 Å². The Morgan fingerprint density at radius 1 is 1.28 bits per heavy atom. The van der Waals surface area contributed by atoms with E-state index in [4.69, 9.17) is 0 Å². The van der Waals surface area contributed by atoms with Crippen molar-refractivity contribution in [1.29, 1.82) is 0 Å². The van der Waals surface area contributed by atoms with Crippen molar-refractivity contribution in [3.8, 4) is 0 Å². The molecule has 0 bridgehead atoms. The molecule has 0 amide bonds. The first-order valence-corrected chi connectivity index (χ1v) is 5.93. The predicted octanol–water partition coefficient (Wildman–Crippen LogP) is 4.07. The fourth-order valence-electron chi connectivity index (χ4n) is 1.84. The summed E-state index contributed by atoms with van der Waals surface area (Å²) in [5.41, 5.74) is 1.43. The molecular weight excluding hydrogens is 227 g/mol. The standard InChI is InChI=1S/C15H17FN2/c1-15(2,3)13(10-18-9-8-17-11-18)12-6-4-5-7-14(12)16/h4-11H,1-3H3/b13-10-. The summed E-state index contributed by atoms with van der Waals surface area (Å²) in [5.74, 6) is -0.196. The van der Waals surface area contributed by atoms with Crippen LogP contribution in [0.3, 0.4) is 0 Å². The molecule has 0 fully saturated rings. The van der Waals surface area contributed by atoms with Gasteiger partial charge in [0, 0.05) is 24.2 Å².